The molecule has 0 saturated carbocycles. The third-order valence-electron chi connectivity index (χ3n) is 3.24. The van der Waals surface area contributed by atoms with E-state index < -0.39 is 0 Å². The second-order valence-electron chi connectivity index (χ2n) is 4.36. The van der Waals surface area contributed by atoms with Gasteiger partial charge in [-0.2, -0.15) is 0 Å². The number of hydrogen-bond donors (Lipinski definition) is 0. The van der Waals surface area contributed by atoms with E-state index in [0.29, 0.717) is 0 Å². The number of benzene rings is 2. The van der Waals surface area contributed by atoms with Crippen molar-refractivity contribution in [2.75, 3.05) is 7.11 Å². The summed E-state index contributed by atoms with van der Waals surface area (Å²) < 4.78 is 5.26. The fourth-order valence-electron chi connectivity index (χ4n) is 2.44. The smallest absolute Gasteiger partial charge is 0.119 e. The van der Waals surface area contributed by atoms with E-state index in [9.17, 15) is 0 Å². The Morgan fingerprint density at radius 3 is 2.38 bits per heavy atom. The molecule has 1 aliphatic rings. The number of ether oxygens (including phenoxy) is 1. The quantitative estimate of drug-likeness (QED) is 0.596. The molecule has 0 aliphatic heterocycles. The molecule has 3 rings (SSSR count). The van der Waals surface area contributed by atoms with E-state index in [4.69, 9.17) is 4.74 Å². The lowest BCUT2D eigenvalue weighted by molar-refractivity contribution is 0.414. The first-order valence-electron chi connectivity index (χ1n) is 5.55. The lowest BCUT2D eigenvalue weighted by Crippen LogP contribution is -1.85. The minimum absolute atomic E-state index is 0.947. The molecule has 80 valence electrons. The molecule has 0 radical (unpaired) electrons. The summed E-state index contributed by atoms with van der Waals surface area (Å²) in [7, 11) is 1.72. The molecule has 0 N–H and O–H groups in total. The largest absolute Gasteiger partial charge is 0.497 e. The van der Waals surface area contributed by atoms with Gasteiger partial charge in [0, 0.05) is 0 Å². The van der Waals surface area contributed by atoms with E-state index in [1.165, 1.54) is 27.8 Å². The van der Waals surface area contributed by atoms with Gasteiger partial charge in [0.05, 0.1) is 7.11 Å². The maximum absolute atomic E-state index is 5.26. The lowest BCUT2D eigenvalue weighted by atomic mass is 10.0. The minimum Gasteiger partial charge on any atom is -0.497 e. The lowest BCUT2D eigenvalue weighted by Gasteiger charge is -2.03. The molecule has 0 atom stereocenters. The van der Waals surface area contributed by atoms with Crippen LogP contribution >= 0.6 is 0 Å². The summed E-state index contributed by atoms with van der Waals surface area (Å²) in [5.41, 5.74) is 6.88. The summed E-state index contributed by atoms with van der Waals surface area (Å²) in [5, 5.41) is 0. The Balaban J connectivity index is 2.16. The molecule has 0 saturated heterocycles. The van der Waals surface area contributed by atoms with Crippen molar-refractivity contribution in [2.45, 2.75) is 13.3 Å². The standard InChI is InChI=1S/C15H14O/c1-10-3-5-14-11(7-10)8-12-9-13(16-2)4-6-15(12)14/h3-7,9H,8H2,1-2H3. The highest BCUT2D eigenvalue weighted by Gasteiger charge is 2.18. The van der Waals surface area contributed by atoms with Crippen molar-refractivity contribution in [3.05, 3.63) is 53.1 Å². The van der Waals surface area contributed by atoms with Gasteiger partial charge in [0.2, 0.25) is 0 Å². The molecule has 16 heavy (non-hydrogen) atoms. The van der Waals surface area contributed by atoms with Crippen LogP contribution in [0.25, 0.3) is 11.1 Å². The predicted octanol–water partition coefficient (Wildman–Crippen LogP) is 3.57. The highest BCUT2D eigenvalue weighted by molar-refractivity contribution is 5.77. The third-order valence-corrected chi connectivity index (χ3v) is 3.24. The van der Waals surface area contributed by atoms with Crippen LogP contribution in [0.15, 0.2) is 36.4 Å². The molecule has 2 aromatic carbocycles. The van der Waals surface area contributed by atoms with E-state index in [0.717, 1.165) is 12.2 Å². The van der Waals surface area contributed by atoms with E-state index in [1.54, 1.807) is 7.11 Å². The Kier molecular flexibility index (Phi) is 2.00. The van der Waals surface area contributed by atoms with E-state index >= 15 is 0 Å². The molecule has 2 aromatic rings. The third kappa shape index (κ3) is 1.32. The van der Waals surface area contributed by atoms with Gasteiger partial charge in [-0.15, -0.1) is 0 Å². The Hall–Kier alpha value is -1.76. The van der Waals surface area contributed by atoms with Crippen molar-refractivity contribution in [1.29, 1.82) is 0 Å². The molecule has 0 unspecified atom stereocenters. The minimum atomic E-state index is 0.947. The number of methoxy groups -OCH3 is 1. The maximum atomic E-state index is 5.26. The first-order valence-corrected chi connectivity index (χ1v) is 5.55. The number of aryl methyl sites for hydroxylation is 1. The first-order chi connectivity index (χ1) is 7.78. The molecule has 1 nitrogen and oxygen atoms in total. The zero-order valence-electron chi connectivity index (χ0n) is 9.58. The fraction of sp³-hybridized carbons (Fsp3) is 0.200. The normalized spacial score (nSPS) is 12.1. The molecule has 0 spiro atoms. The molecule has 0 amide bonds. The molecule has 1 heteroatoms. The van der Waals surface area contributed by atoms with Gasteiger partial charge in [0.15, 0.2) is 0 Å². The summed E-state index contributed by atoms with van der Waals surface area (Å²) >= 11 is 0. The van der Waals surface area contributed by atoms with Crippen molar-refractivity contribution < 1.29 is 4.74 Å². The van der Waals surface area contributed by atoms with Crippen molar-refractivity contribution in [3.63, 3.8) is 0 Å². The summed E-state index contributed by atoms with van der Waals surface area (Å²) in [6.07, 6.45) is 1.03. The monoisotopic (exact) mass is 210 g/mol. The Morgan fingerprint density at radius 1 is 0.938 bits per heavy atom. The van der Waals surface area contributed by atoms with Crippen molar-refractivity contribution in [2.24, 2.45) is 0 Å². The number of hydrogen-bond acceptors (Lipinski definition) is 1. The van der Waals surface area contributed by atoms with Crippen molar-refractivity contribution >= 4 is 0 Å². The van der Waals surface area contributed by atoms with Crippen LogP contribution in [0.4, 0.5) is 0 Å². The van der Waals surface area contributed by atoms with E-state index in [2.05, 4.69) is 37.3 Å². The Labute approximate surface area is 95.7 Å². The van der Waals surface area contributed by atoms with Crippen LogP contribution in [0.1, 0.15) is 16.7 Å². The average molecular weight is 210 g/mol. The maximum Gasteiger partial charge on any atom is 0.119 e. The highest BCUT2D eigenvalue weighted by atomic mass is 16.5. The highest BCUT2D eigenvalue weighted by Crippen LogP contribution is 2.38. The van der Waals surface area contributed by atoms with Gasteiger partial charge in [-0.1, -0.05) is 29.8 Å². The number of fused-ring (bicyclic) bond motifs is 3. The molecule has 0 aromatic heterocycles. The molecule has 0 fully saturated rings. The van der Waals surface area contributed by atoms with Gasteiger partial charge in [0.25, 0.3) is 0 Å². The summed E-state index contributed by atoms with van der Waals surface area (Å²) in [4.78, 5) is 0. The van der Waals surface area contributed by atoms with Gasteiger partial charge in [0.1, 0.15) is 5.75 Å². The van der Waals surface area contributed by atoms with Gasteiger partial charge in [-0.25, -0.2) is 0 Å². The van der Waals surface area contributed by atoms with Crippen LogP contribution in [0.2, 0.25) is 0 Å². The van der Waals surface area contributed by atoms with Crippen molar-refractivity contribution in [3.8, 4) is 16.9 Å². The molecular formula is C15H14O. The van der Waals surface area contributed by atoms with Gasteiger partial charge < -0.3 is 4.74 Å². The van der Waals surface area contributed by atoms with Crippen LogP contribution in [0.5, 0.6) is 5.75 Å². The van der Waals surface area contributed by atoms with Crippen LogP contribution in [0, 0.1) is 6.92 Å². The SMILES string of the molecule is COc1ccc2c(c1)Cc1cc(C)ccc1-2. The van der Waals surface area contributed by atoms with Crippen LogP contribution < -0.4 is 4.74 Å². The molecule has 1 aliphatic carbocycles. The van der Waals surface area contributed by atoms with E-state index in [1.807, 2.05) is 6.07 Å². The van der Waals surface area contributed by atoms with Crippen LogP contribution in [-0.4, -0.2) is 7.11 Å². The zero-order valence-corrected chi connectivity index (χ0v) is 9.58. The summed E-state index contributed by atoms with van der Waals surface area (Å²) in [6, 6.07) is 13.0. The van der Waals surface area contributed by atoms with Crippen LogP contribution in [-0.2, 0) is 6.42 Å². The number of rotatable bonds is 1. The van der Waals surface area contributed by atoms with E-state index in [-0.39, 0.29) is 0 Å². The zero-order chi connectivity index (χ0) is 11.1. The fourth-order valence-corrected chi connectivity index (χ4v) is 2.44. The van der Waals surface area contributed by atoms with Gasteiger partial charge in [-0.3, -0.25) is 0 Å². The first kappa shape index (κ1) is 9.46. The molecule has 0 bridgehead atoms. The molecular weight excluding hydrogens is 196 g/mol. The Morgan fingerprint density at radius 2 is 1.62 bits per heavy atom. The topological polar surface area (TPSA) is 9.23 Å². The predicted molar refractivity (Wildman–Crippen MR) is 66.0 cm³/mol. The second-order valence-corrected chi connectivity index (χ2v) is 4.36. The second kappa shape index (κ2) is 3.38. The molecule has 0 heterocycles. The van der Waals surface area contributed by atoms with Gasteiger partial charge in [-0.05, 0) is 47.7 Å². The van der Waals surface area contributed by atoms with Crippen LogP contribution in [0.3, 0.4) is 0 Å². The Bertz CT molecular complexity index is 555. The average Bonchev–Trinajstić information content (AvgIpc) is 2.64. The van der Waals surface area contributed by atoms with Gasteiger partial charge >= 0.3 is 0 Å². The summed E-state index contributed by atoms with van der Waals surface area (Å²) in [6.45, 7) is 2.14. The van der Waals surface area contributed by atoms with Crippen molar-refractivity contribution in [1.82, 2.24) is 0 Å². The summed E-state index contributed by atoms with van der Waals surface area (Å²) in [5.74, 6) is 0.947.